The Balaban J connectivity index is 0. The summed E-state index contributed by atoms with van der Waals surface area (Å²) in [7, 11) is -7.14. The van der Waals surface area contributed by atoms with Crippen LogP contribution < -0.4 is 0 Å². The molecule has 0 aliphatic rings. The Bertz CT molecular complexity index is 349. The van der Waals surface area contributed by atoms with Crippen LogP contribution in [0.5, 0.6) is 0 Å². The summed E-state index contributed by atoms with van der Waals surface area (Å²) in [6.07, 6.45) is 0.0966. The van der Waals surface area contributed by atoms with Crippen LogP contribution in [-0.4, -0.2) is 59.7 Å². The molecule has 0 amide bonds. The molecule has 7 heteroatoms. The first-order valence-corrected chi connectivity index (χ1v) is 7.93. The van der Waals surface area contributed by atoms with E-state index in [1.54, 1.807) is 6.92 Å². The van der Waals surface area contributed by atoms with Crippen molar-refractivity contribution in [3.8, 4) is 0 Å². The minimum atomic E-state index is -3.57. The zero-order valence-electron chi connectivity index (χ0n) is 9.78. The summed E-state index contributed by atoms with van der Waals surface area (Å²) in [5.41, 5.74) is 0. The Hall–Kier alpha value is 0.822. The van der Waals surface area contributed by atoms with E-state index >= 15 is 0 Å². The monoisotopic (exact) mass is 452 g/mol. The third kappa shape index (κ3) is 3.15. The van der Waals surface area contributed by atoms with Gasteiger partial charge in [-0.1, -0.05) is 20.8 Å². The van der Waals surface area contributed by atoms with Crippen LogP contribution in [0.25, 0.3) is 0 Å². The van der Waals surface area contributed by atoms with Gasteiger partial charge in [0.15, 0.2) is 23.8 Å². The normalized spacial score (nSPS) is 13.3. The maximum atomic E-state index is 11.7. The average Bonchev–Trinajstić information content (AvgIpc) is 2.15. The predicted molar refractivity (Wildman–Crippen MR) is 66.2 cm³/mol. The van der Waals surface area contributed by atoms with E-state index in [0.717, 1.165) is 0 Å². The molecule has 0 fully saturated rings. The third-order valence-corrected chi connectivity index (χ3v) is 8.97. The molecular weight excluding hydrogens is 431 g/mol. The van der Waals surface area contributed by atoms with Gasteiger partial charge in [0, 0.05) is 11.5 Å². The number of rotatable bonds is 5. The van der Waals surface area contributed by atoms with E-state index in [1.807, 2.05) is 0 Å². The van der Waals surface area contributed by atoms with Gasteiger partial charge in [-0.2, -0.15) is 0 Å². The molecule has 0 rings (SSSR count). The summed E-state index contributed by atoms with van der Waals surface area (Å²) in [6, 6.07) is 0. The molecule has 2 radical (unpaired) electrons. The average molecular weight is 452 g/mol. The molecule has 0 spiro atoms. The Labute approximate surface area is 113 Å². The van der Waals surface area contributed by atoms with Gasteiger partial charge in [0.1, 0.15) is 0 Å². The first-order valence-electron chi connectivity index (χ1n) is 4.63. The van der Waals surface area contributed by atoms with Crippen LogP contribution in [0.2, 0.25) is 0 Å². The third-order valence-electron chi connectivity index (χ3n) is 2.72. The quantitative estimate of drug-likeness (QED) is 0.555. The zero-order valence-corrected chi connectivity index (χ0v) is 16.9. The van der Waals surface area contributed by atoms with Gasteiger partial charge < -0.3 is 0 Å². The Morgan fingerprint density at radius 2 is 1.13 bits per heavy atom. The Morgan fingerprint density at radius 1 is 0.867 bits per heavy atom. The molecule has 0 saturated carbocycles. The molecule has 0 unspecified atom stereocenters. The van der Waals surface area contributed by atoms with E-state index in [9.17, 15) is 16.8 Å². The van der Waals surface area contributed by atoms with Gasteiger partial charge in [-0.25, -0.2) is 16.8 Å². The number of sulfone groups is 2. The molecule has 0 atom stereocenters. The molecule has 0 heterocycles. The van der Waals surface area contributed by atoms with Gasteiger partial charge in [0.25, 0.3) is 0 Å². The minimum absolute atomic E-state index is 0. The second-order valence-corrected chi connectivity index (χ2v) is 8.97. The summed E-state index contributed by atoms with van der Waals surface area (Å²) in [6.45, 7) is 5.81. The number of hydrogen-bond acceptors (Lipinski definition) is 4. The van der Waals surface area contributed by atoms with Gasteiger partial charge in [-0.05, 0) is 13.3 Å². The van der Waals surface area contributed by atoms with Crippen LogP contribution >= 0.6 is 0 Å². The molecule has 0 aliphatic heterocycles. The second-order valence-electron chi connectivity index (χ2n) is 3.29. The van der Waals surface area contributed by atoms with Crippen molar-refractivity contribution < 1.29 is 16.8 Å². The zero-order chi connectivity index (χ0) is 11.6. The fraction of sp³-hybridized carbons (Fsp3) is 1.00. The van der Waals surface area contributed by atoms with Gasteiger partial charge in [-0.15, -0.1) is 0 Å². The van der Waals surface area contributed by atoms with Crippen LogP contribution in [-0.2, 0) is 19.7 Å². The molecular formula is C8H20O4PbS2. The van der Waals surface area contributed by atoms with Crippen molar-refractivity contribution in [1.82, 2.24) is 0 Å². The molecule has 0 aromatic heterocycles. The summed E-state index contributed by atoms with van der Waals surface area (Å²) < 4.78 is 45.1. The van der Waals surface area contributed by atoms with Crippen molar-refractivity contribution in [2.45, 2.75) is 38.2 Å². The van der Waals surface area contributed by atoms with E-state index in [2.05, 4.69) is 0 Å². The van der Waals surface area contributed by atoms with Gasteiger partial charge in [-0.3, -0.25) is 0 Å². The fourth-order valence-corrected chi connectivity index (χ4v) is 5.60. The molecule has 0 N–H and O–H groups in total. The number of hydrogen-bond donors (Lipinski definition) is 0. The van der Waals surface area contributed by atoms with Crippen molar-refractivity contribution in [1.29, 1.82) is 0 Å². The van der Waals surface area contributed by atoms with Crippen LogP contribution in [0.15, 0.2) is 0 Å². The van der Waals surface area contributed by atoms with Crippen molar-refractivity contribution in [2.24, 2.45) is 0 Å². The molecule has 0 aromatic rings. The first-order chi connectivity index (χ1) is 6.18. The van der Waals surface area contributed by atoms with Gasteiger partial charge in [0.05, 0.1) is 0 Å². The summed E-state index contributed by atoms with van der Waals surface area (Å²) >= 11 is 0. The second kappa shape index (κ2) is 5.95. The summed E-state index contributed by atoms with van der Waals surface area (Å²) in [5, 5.41) is 0. The van der Waals surface area contributed by atoms with Crippen molar-refractivity contribution in [3.63, 3.8) is 0 Å². The Morgan fingerprint density at radius 3 is 1.27 bits per heavy atom. The molecule has 4 nitrogen and oxygen atoms in total. The van der Waals surface area contributed by atoms with E-state index in [-0.39, 0.29) is 45.2 Å². The van der Waals surface area contributed by atoms with Crippen molar-refractivity contribution >= 4 is 47.0 Å². The maximum absolute atomic E-state index is 11.7. The predicted octanol–water partition coefficient (Wildman–Crippen LogP) is 0.0658. The van der Waals surface area contributed by atoms with Gasteiger partial charge >= 0.3 is 27.3 Å². The topological polar surface area (TPSA) is 68.3 Å². The van der Waals surface area contributed by atoms with E-state index in [1.165, 1.54) is 20.8 Å². The molecule has 0 saturated heterocycles. The SMILES string of the molecule is CCC(C)(S(=O)(=O)CC)S(=O)(=O)CC.[PbH2]. The molecule has 15 heavy (non-hydrogen) atoms. The fourth-order valence-electron chi connectivity index (χ4n) is 1.24. The van der Waals surface area contributed by atoms with Crippen molar-refractivity contribution in [3.05, 3.63) is 0 Å². The Kier molecular flexibility index (Phi) is 7.21. The van der Waals surface area contributed by atoms with E-state index in [0.29, 0.717) is 0 Å². The van der Waals surface area contributed by atoms with Gasteiger partial charge in [0.2, 0.25) is 0 Å². The van der Waals surface area contributed by atoms with E-state index < -0.39 is 23.8 Å². The molecule has 0 aliphatic carbocycles. The van der Waals surface area contributed by atoms with E-state index in [4.69, 9.17) is 0 Å². The standard InChI is InChI=1S/C8H18O4S2.Pb.2H/c1-5-8(4,13(9,10)6-2)14(11,12)7-3;;;/h5-7H2,1-4H3;;;. The molecule has 0 aromatic carbocycles. The summed E-state index contributed by atoms with van der Waals surface area (Å²) in [4.78, 5) is 0. The first kappa shape index (κ1) is 18.2. The van der Waals surface area contributed by atoms with Crippen molar-refractivity contribution in [2.75, 3.05) is 11.5 Å². The molecule has 0 bridgehead atoms. The summed E-state index contributed by atoms with van der Waals surface area (Å²) in [5.74, 6) is -0.285. The molecule has 92 valence electrons. The van der Waals surface area contributed by atoms with Crippen LogP contribution in [0, 0.1) is 0 Å². The van der Waals surface area contributed by atoms with Crippen LogP contribution in [0.3, 0.4) is 0 Å². The van der Waals surface area contributed by atoms with Crippen LogP contribution in [0.1, 0.15) is 34.1 Å². The van der Waals surface area contributed by atoms with Crippen LogP contribution in [0.4, 0.5) is 0 Å².